The molecular weight excluding hydrogens is 530 g/mol. The Hall–Kier alpha value is -4.74. The van der Waals surface area contributed by atoms with Crippen molar-refractivity contribution in [2.75, 3.05) is 6.54 Å². The molecule has 0 aromatic carbocycles. The molecule has 0 saturated heterocycles. The number of aromatic amines is 1. The van der Waals surface area contributed by atoms with Crippen molar-refractivity contribution in [1.29, 1.82) is 0 Å². The number of H-pyrrole nitrogens is 1. The number of nitrogens with two attached hydrogens (primary N) is 5. The summed E-state index contributed by atoms with van der Waals surface area (Å²) in [6.07, 6.45) is 2.14. The van der Waals surface area contributed by atoms with Crippen molar-refractivity contribution < 1.29 is 33.9 Å². The molecule has 0 aliphatic rings. The fourth-order valence-corrected chi connectivity index (χ4v) is 3.39. The van der Waals surface area contributed by atoms with E-state index in [0.717, 1.165) is 0 Å². The minimum Gasteiger partial charge on any atom is -0.480 e. The van der Waals surface area contributed by atoms with E-state index in [9.17, 15) is 33.9 Å². The van der Waals surface area contributed by atoms with Gasteiger partial charge in [0.05, 0.1) is 12.4 Å². The molecule has 0 aliphatic carbocycles. The summed E-state index contributed by atoms with van der Waals surface area (Å²) in [6.45, 7) is 0.106. The molecule has 1 rings (SSSR count). The van der Waals surface area contributed by atoms with Gasteiger partial charge in [0.2, 0.25) is 29.5 Å². The number of aromatic nitrogens is 2. The van der Waals surface area contributed by atoms with Crippen LogP contribution in [0.4, 0.5) is 0 Å². The summed E-state index contributed by atoms with van der Waals surface area (Å²) in [5, 5.41) is 16.7. The van der Waals surface area contributed by atoms with Crippen LogP contribution in [0.5, 0.6) is 0 Å². The van der Waals surface area contributed by atoms with Crippen LogP contribution in [0.1, 0.15) is 44.2 Å². The lowest BCUT2D eigenvalue weighted by Crippen LogP contribution is -2.57. The summed E-state index contributed by atoms with van der Waals surface area (Å²) in [5.41, 5.74) is 27.1. The molecule has 18 nitrogen and oxygen atoms in total. The molecule has 222 valence electrons. The fraction of sp³-hybridized carbons (Fsp3) is 0.545. The van der Waals surface area contributed by atoms with Crippen LogP contribution in [0.15, 0.2) is 17.5 Å². The molecule has 4 unspecified atom stereocenters. The SMILES string of the molecule is NC(=O)CCC(N)C(=O)NC(Cc1cnc[nH]1)C(=O)NC(CCCN=C(N)N)C(=O)NC(CCC(N)=O)C(=O)O. The molecule has 1 aromatic rings. The maximum absolute atomic E-state index is 13.3. The number of rotatable bonds is 19. The highest BCUT2D eigenvalue weighted by Crippen LogP contribution is 2.06. The van der Waals surface area contributed by atoms with Crippen molar-refractivity contribution in [3.63, 3.8) is 0 Å². The van der Waals surface area contributed by atoms with Gasteiger partial charge in [-0.3, -0.25) is 29.0 Å². The number of nitrogens with one attached hydrogen (secondary N) is 4. The second kappa shape index (κ2) is 17.0. The van der Waals surface area contributed by atoms with E-state index >= 15 is 0 Å². The molecule has 1 heterocycles. The van der Waals surface area contributed by atoms with Gasteiger partial charge in [-0.1, -0.05) is 0 Å². The number of nitrogens with zero attached hydrogens (tertiary/aromatic N) is 2. The highest BCUT2D eigenvalue weighted by atomic mass is 16.4. The maximum atomic E-state index is 13.3. The molecule has 18 heteroatoms. The molecule has 15 N–H and O–H groups in total. The van der Waals surface area contributed by atoms with Gasteiger partial charge in [0, 0.05) is 37.7 Å². The summed E-state index contributed by atoms with van der Waals surface area (Å²) in [4.78, 5) is 83.1. The van der Waals surface area contributed by atoms with Gasteiger partial charge in [0.1, 0.15) is 18.1 Å². The Morgan fingerprint density at radius 2 is 1.43 bits per heavy atom. The van der Waals surface area contributed by atoms with Crippen molar-refractivity contribution in [2.24, 2.45) is 33.7 Å². The van der Waals surface area contributed by atoms with Crippen LogP contribution in [-0.2, 0) is 35.2 Å². The van der Waals surface area contributed by atoms with Gasteiger partial charge in [-0.15, -0.1) is 0 Å². The highest BCUT2D eigenvalue weighted by Gasteiger charge is 2.30. The van der Waals surface area contributed by atoms with Crippen molar-refractivity contribution >= 4 is 41.5 Å². The lowest BCUT2D eigenvalue weighted by molar-refractivity contribution is -0.142. The zero-order valence-electron chi connectivity index (χ0n) is 21.8. The molecular formula is C22H37N11O7. The highest BCUT2D eigenvalue weighted by molar-refractivity contribution is 5.94. The second-order valence-corrected chi connectivity index (χ2v) is 8.87. The van der Waals surface area contributed by atoms with Crippen LogP contribution in [0, 0.1) is 0 Å². The van der Waals surface area contributed by atoms with E-state index in [1.807, 2.05) is 0 Å². The zero-order chi connectivity index (χ0) is 30.2. The minimum atomic E-state index is -1.46. The lowest BCUT2D eigenvalue weighted by Gasteiger charge is -2.25. The standard InChI is InChI=1S/C22H37N11O7/c23-12(3-5-16(24)34)18(36)33-15(8-11-9-28-10-30-11)20(38)31-13(2-1-7-29-22(26)27)19(37)32-14(21(39)40)4-6-17(25)35/h9-10,12-15H,1-8,23H2,(H2,24,34)(H2,25,35)(H,28,30)(H,31,38)(H,32,37)(H,33,36)(H,39,40)(H4,26,27,29). The largest absolute Gasteiger partial charge is 0.480 e. The van der Waals surface area contributed by atoms with Gasteiger partial charge in [0.25, 0.3) is 0 Å². The predicted octanol–water partition coefficient (Wildman–Crippen LogP) is -4.60. The lowest BCUT2D eigenvalue weighted by atomic mass is 10.1. The van der Waals surface area contributed by atoms with Gasteiger partial charge >= 0.3 is 5.97 Å². The number of guanidine groups is 1. The number of carboxylic acids is 1. The minimum absolute atomic E-state index is 0.0145. The van der Waals surface area contributed by atoms with Crippen LogP contribution >= 0.6 is 0 Å². The summed E-state index contributed by atoms with van der Waals surface area (Å²) in [7, 11) is 0. The second-order valence-electron chi connectivity index (χ2n) is 8.87. The Labute approximate surface area is 229 Å². The third kappa shape index (κ3) is 13.2. The van der Waals surface area contributed by atoms with Gasteiger partial charge in [-0.05, 0) is 25.7 Å². The number of aliphatic carboxylic acids is 1. The number of amides is 5. The molecule has 0 aliphatic heterocycles. The predicted molar refractivity (Wildman–Crippen MR) is 140 cm³/mol. The quantitative estimate of drug-likeness (QED) is 0.0430. The van der Waals surface area contributed by atoms with Crippen molar-refractivity contribution in [2.45, 2.75) is 69.1 Å². The smallest absolute Gasteiger partial charge is 0.326 e. The molecule has 1 aromatic heterocycles. The average Bonchev–Trinajstić information content (AvgIpc) is 3.38. The van der Waals surface area contributed by atoms with Crippen LogP contribution in [0.3, 0.4) is 0 Å². The Morgan fingerprint density at radius 1 is 0.850 bits per heavy atom. The van der Waals surface area contributed by atoms with Crippen molar-refractivity contribution in [1.82, 2.24) is 25.9 Å². The van der Waals surface area contributed by atoms with Crippen LogP contribution in [0.2, 0.25) is 0 Å². The number of aliphatic imine (C=N–C) groups is 1. The number of imidazole rings is 1. The Bertz CT molecular complexity index is 1060. The van der Waals surface area contributed by atoms with E-state index in [-0.39, 0.29) is 57.5 Å². The van der Waals surface area contributed by atoms with E-state index < -0.39 is 59.7 Å². The fourth-order valence-electron chi connectivity index (χ4n) is 3.39. The molecule has 0 spiro atoms. The first kappa shape index (κ1) is 33.3. The number of carbonyl (C=O) groups is 6. The topological polar surface area (TPSA) is 330 Å². The number of hydrogen-bond donors (Lipinski definition) is 10. The van der Waals surface area contributed by atoms with Gasteiger partial charge in [-0.2, -0.15) is 0 Å². The number of primary amides is 2. The first-order chi connectivity index (χ1) is 18.8. The van der Waals surface area contributed by atoms with E-state index in [1.165, 1.54) is 12.5 Å². The summed E-state index contributed by atoms with van der Waals surface area (Å²) < 4.78 is 0. The average molecular weight is 568 g/mol. The molecule has 0 bridgehead atoms. The Kier molecular flexibility index (Phi) is 14.1. The first-order valence-corrected chi connectivity index (χ1v) is 12.3. The molecule has 40 heavy (non-hydrogen) atoms. The van der Waals surface area contributed by atoms with Crippen molar-refractivity contribution in [3.05, 3.63) is 18.2 Å². The summed E-state index contributed by atoms with van der Waals surface area (Å²) >= 11 is 0. The molecule has 0 fully saturated rings. The molecule has 4 atom stereocenters. The van der Waals surface area contributed by atoms with Gasteiger partial charge in [0.15, 0.2) is 5.96 Å². The van der Waals surface area contributed by atoms with Crippen LogP contribution in [0.25, 0.3) is 0 Å². The van der Waals surface area contributed by atoms with Gasteiger partial charge < -0.3 is 54.7 Å². The first-order valence-electron chi connectivity index (χ1n) is 12.3. The normalized spacial score (nSPS) is 13.6. The number of carboxylic acid groups (broad SMARTS) is 1. The summed E-state index contributed by atoms with van der Waals surface area (Å²) in [5.74, 6) is -5.40. The Balaban J connectivity index is 3.10. The molecule has 0 radical (unpaired) electrons. The summed E-state index contributed by atoms with van der Waals surface area (Å²) in [6, 6.07) is -5.13. The molecule has 0 saturated carbocycles. The number of hydrogen-bond acceptors (Lipinski definition) is 9. The van der Waals surface area contributed by atoms with Crippen LogP contribution < -0.4 is 44.6 Å². The third-order valence-electron chi connectivity index (χ3n) is 5.52. The molecule has 5 amide bonds. The van der Waals surface area contributed by atoms with E-state index in [4.69, 9.17) is 28.7 Å². The third-order valence-corrected chi connectivity index (χ3v) is 5.52. The van der Waals surface area contributed by atoms with Crippen molar-refractivity contribution in [3.8, 4) is 0 Å². The van der Waals surface area contributed by atoms with Gasteiger partial charge in [-0.25, -0.2) is 9.78 Å². The van der Waals surface area contributed by atoms with Crippen LogP contribution in [-0.4, -0.2) is 87.3 Å². The monoisotopic (exact) mass is 567 g/mol. The van der Waals surface area contributed by atoms with E-state index in [0.29, 0.717) is 5.69 Å². The van der Waals surface area contributed by atoms with E-state index in [2.05, 4.69) is 30.9 Å². The number of carbonyl (C=O) groups excluding carboxylic acids is 5. The maximum Gasteiger partial charge on any atom is 0.326 e. The zero-order valence-corrected chi connectivity index (χ0v) is 21.8. The van der Waals surface area contributed by atoms with E-state index in [1.54, 1.807) is 0 Å². The Morgan fingerprint density at radius 3 is 1.98 bits per heavy atom.